The van der Waals surface area contributed by atoms with Crippen molar-refractivity contribution in [2.45, 2.75) is 57.5 Å². The standard InChI is InChI=1S/C31H33N5O7/c1-3-15-36(26-12-8-20-16-25-23(17-22(20)26)30(41)34-18(2)33-25)21-9-6-19(7-10-21)29(40)35-24(31(42)43)11-13-27(37)32-14-4-5-28(38)39/h1,6-7,9-10,16-17,24,26H,4-5,8,11-15H2,2H3,(H,32,37)(H,35,40)(H,38,39)(H,42,43)(H,33,34,41)/t24-,26?/m0/s1. The van der Waals surface area contributed by atoms with Gasteiger partial charge in [-0.1, -0.05) is 5.92 Å². The molecule has 0 spiro atoms. The van der Waals surface area contributed by atoms with Crippen LogP contribution < -0.4 is 21.1 Å². The molecule has 0 saturated carbocycles. The van der Waals surface area contributed by atoms with Crippen molar-refractivity contribution in [1.82, 2.24) is 20.6 Å². The third-order valence-corrected chi connectivity index (χ3v) is 7.38. The zero-order valence-corrected chi connectivity index (χ0v) is 23.7. The number of amides is 2. The fraction of sp³-hybridized carbons (Fsp3) is 0.355. The number of anilines is 1. The molecule has 5 N–H and O–H groups in total. The number of aryl methyl sites for hydroxylation is 2. The van der Waals surface area contributed by atoms with Crippen LogP contribution in [-0.2, 0) is 20.8 Å². The average Bonchev–Trinajstić information content (AvgIpc) is 3.37. The minimum absolute atomic E-state index is 0.0862. The molecule has 1 unspecified atom stereocenters. The maximum Gasteiger partial charge on any atom is 0.326 e. The Hall–Kier alpha value is -5.18. The van der Waals surface area contributed by atoms with Crippen molar-refractivity contribution in [2.24, 2.45) is 0 Å². The molecule has 3 aromatic rings. The Labute approximate surface area is 247 Å². The van der Waals surface area contributed by atoms with Gasteiger partial charge in [0.1, 0.15) is 11.9 Å². The molecule has 4 rings (SSSR count). The van der Waals surface area contributed by atoms with Crippen LogP contribution >= 0.6 is 0 Å². The van der Waals surface area contributed by atoms with Gasteiger partial charge in [-0.15, -0.1) is 6.42 Å². The Morgan fingerprint density at radius 3 is 2.58 bits per heavy atom. The molecule has 0 radical (unpaired) electrons. The number of aromatic amines is 1. The maximum atomic E-state index is 12.9. The number of carboxylic acid groups (broad SMARTS) is 2. The third-order valence-electron chi connectivity index (χ3n) is 7.38. The molecule has 1 aromatic heterocycles. The number of aliphatic carboxylic acids is 2. The average molecular weight is 588 g/mol. The Bertz CT molecular complexity index is 1640. The molecular formula is C31H33N5O7. The second-order valence-electron chi connectivity index (χ2n) is 10.4. The zero-order chi connectivity index (χ0) is 31.1. The van der Waals surface area contributed by atoms with Crippen molar-refractivity contribution in [3.63, 3.8) is 0 Å². The number of aromatic nitrogens is 2. The predicted molar refractivity (Wildman–Crippen MR) is 159 cm³/mol. The van der Waals surface area contributed by atoms with Crippen molar-refractivity contribution in [3.8, 4) is 12.3 Å². The smallest absolute Gasteiger partial charge is 0.326 e. The molecule has 12 nitrogen and oxygen atoms in total. The van der Waals surface area contributed by atoms with Crippen LogP contribution in [0.3, 0.4) is 0 Å². The van der Waals surface area contributed by atoms with Gasteiger partial charge >= 0.3 is 11.9 Å². The number of nitrogens with zero attached hydrogens (tertiary/aromatic N) is 2. The number of carboxylic acids is 2. The Morgan fingerprint density at radius 1 is 1.16 bits per heavy atom. The number of hydrogen-bond acceptors (Lipinski definition) is 7. The minimum Gasteiger partial charge on any atom is -0.481 e. The van der Waals surface area contributed by atoms with Gasteiger partial charge in [0.15, 0.2) is 0 Å². The fourth-order valence-corrected chi connectivity index (χ4v) is 5.28. The summed E-state index contributed by atoms with van der Waals surface area (Å²) in [6.07, 6.45) is 7.18. The predicted octanol–water partition coefficient (Wildman–Crippen LogP) is 2.30. The number of terminal acetylenes is 1. The molecule has 1 aliphatic carbocycles. The second-order valence-corrected chi connectivity index (χ2v) is 10.4. The number of H-pyrrole nitrogens is 1. The highest BCUT2D eigenvalue weighted by atomic mass is 16.4. The number of rotatable bonds is 13. The molecule has 0 aliphatic heterocycles. The van der Waals surface area contributed by atoms with E-state index >= 15 is 0 Å². The first-order valence-corrected chi connectivity index (χ1v) is 13.9. The summed E-state index contributed by atoms with van der Waals surface area (Å²) in [5.41, 5.74) is 3.54. The lowest BCUT2D eigenvalue weighted by Gasteiger charge is -2.30. The summed E-state index contributed by atoms with van der Waals surface area (Å²) in [6, 6.07) is 9.08. The number of benzene rings is 2. The summed E-state index contributed by atoms with van der Waals surface area (Å²) >= 11 is 0. The molecule has 43 heavy (non-hydrogen) atoms. The summed E-state index contributed by atoms with van der Waals surface area (Å²) in [4.78, 5) is 69.0. The van der Waals surface area contributed by atoms with Crippen LogP contribution in [0.4, 0.5) is 5.69 Å². The molecule has 0 fully saturated rings. The van der Waals surface area contributed by atoms with Gasteiger partial charge in [0.2, 0.25) is 5.91 Å². The Morgan fingerprint density at radius 2 is 1.91 bits per heavy atom. The fourth-order valence-electron chi connectivity index (χ4n) is 5.28. The van der Waals surface area contributed by atoms with Gasteiger partial charge in [-0.05, 0) is 80.1 Å². The number of carbonyl (C=O) groups is 4. The third kappa shape index (κ3) is 7.56. The van der Waals surface area contributed by atoms with E-state index in [9.17, 15) is 29.1 Å². The summed E-state index contributed by atoms with van der Waals surface area (Å²) in [5.74, 6) is -0.0401. The van der Waals surface area contributed by atoms with Crippen LogP contribution in [0.25, 0.3) is 10.9 Å². The van der Waals surface area contributed by atoms with E-state index in [1.807, 2.05) is 17.0 Å². The highest BCUT2D eigenvalue weighted by Gasteiger charge is 2.29. The molecule has 0 bridgehead atoms. The molecule has 224 valence electrons. The van der Waals surface area contributed by atoms with Gasteiger partial charge in [-0.2, -0.15) is 0 Å². The van der Waals surface area contributed by atoms with E-state index in [0.29, 0.717) is 16.7 Å². The van der Waals surface area contributed by atoms with E-state index in [4.69, 9.17) is 11.5 Å². The van der Waals surface area contributed by atoms with E-state index in [0.717, 1.165) is 29.7 Å². The topological polar surface area (TPSA) is 182 Å². The largest absolute Gasteiger partial charge is 0.481 e. The van der Waals surface area contributed by atoms with Crippen LogP contribution in [0.15, 0.2) is 41.2 Å². The molecule has 1 aliphatic rings. The van der Waals surface area contributed by atoms with Gasteiger partial charge in [0.05, 0.1) is 23.5 Å². The normalized spacial score (nSPS) is 14.4. The van der Waals surface area contributed by atoms with E-state index in [1.54, 1.807) is 31.2 Å². The second kappa shape index (κ2) is 13.7. The van der Waals surface area contributed by atoms with E-state index in [2.05, 4.69) is 26.5 Å². The van der Waals surface area contributed by atoms with Gasteiger partial charge in [-0.25, -0.2) is 9.78 Å². The van der Waals surface area contributed by atoms with E-state index in [1.165, 1.54) is 0 Å². The molecule has 2 atom stereocenters. The van der Waals surface area contributed by atoms with Gasteiger partial charge in [-0.3, -0.25) is 19.2 Å². The Balaban J connectivity index is 1.43. The lowest BCUT2D eigenvalue weighted by molar-refractivity contribution is -0.140. The Kier molecular flexibility index (Phi) is 9.77. The van der Waals surface area contributed by atoms with Crippen LogP contribution in [0.1, 0.15) is 65.5 Å². The molecule has 2 aromatic carbocycles. The van der Waals surface area contributed by atoms with Crippen molar-refractivity contribution in [1.29, 1.82) is 0 Å². The highest BCUT2D eigenvalue weighted by molar-refractivity contribution is 5.97. The SMILES string of the molecule is C#CCN(c1ccc(C(=O)N[C@@H](CCC(=O)NCCCC(=O)O)C(=O)O)cc1)C1CCc2cc3nc(C)[nH]c(=O)c3cc21. The van der Waals surface area contributed by atoms with Crippen molar-refractivity contribution in [2.75, 3.05) is 18.0 Å². The van der Waals surface area contributed by atoms with Gasteiger partial charge in [0.25, 0.3) is 11.5 Å². The van der Waals surface area contributed by atoms with Gasteiger partial charge < -0.3 is 30.7 Å². The number of fused-ring (bicyclic) bond motifs is 2. The molecular weight excluding hydrogens is 554 g/mol. The number of carbonyl (C=O) groups excluding carboxylic acids is 2. The lowest BCUT2D eigenvalue weighted by Crippen LogP contribution is -2.41. The lowest BCUT2D eigenvalue weighted by atomic mass is 10.0. The van der Waals surface area contributed by atoms with E-state index in [-0.39, 0.29) is 55.9 Å². The quantitative estimate of drug-likeness (QED) is 0.148. The zero-order valence-electron chi connectivity index (χ0n) is 23.7. The summed E-state index contributed by atoms with van der Waals surface area (Å²) in [7, 11) is 0. The summed E-state index contributed by atoms with van der Waals surface area (Å²) < 4.78 is 0. The minimum atomic E-state index is -1.29. The summed E-state index contributed by atoms with van der Waals surface area (Å²) in [5, 5.41) is 23.7. The summed E-state index contributed by atoms with van der Waals surface area (Å²) in [6.45, 7) is 2.19. The van der Waals surface area contributed by atoms with Crippen LogP contribution in [0.5, 0.6) is 0 Å². The highest BCUT2D eigenvalue weighted by Crippen LogP contribution is 2.39. The first kappa shape index (κ1) is 30.8. The van der Waals surface area contributed by atoms with Gasteiger partial charge in [0, 0.05) is 30.6 Å². The molecule has 1 heterocycles. The van der Waals surface area contributed by atoms with Crippen molar-refractivity contribution < 1.29 is 29.4 Å². The van der Waals surface area contributed by atoms with E-state index < -0.39 is 29.8 Å². The monoisotopic (exact) mass is 587 g/mol. The maximum absolute atomic E-state index is 12.9. The molecule has 12 heteroatoms. The van der Waals surface area contributed by atoms with Crippen molar-refractivity contribution >= 4 is 40.3 Å². The number of hydrogen-bond donors (Lipinski definition) is 5. The first-order chi connectivity index (χ1) is 20.6. The molecule has 2 amide bonds. The van der Waals surface area contributed by atoms with Crippen LogP contribution in [0, 0.1) is 19.3 Å². The number of nitrogens with one attached hydrogen (secondary N) is 3. The van der Waals surface area contributed by atoms with Crippen molar-refractivity contribution in [3.05, 3.63) is 69.3 Å². The van der Waals surface area contributed by atoms with Crippen LogP contribution in [0.2, 0.25) is 0 Å². The van der Waals surface area contributed by atoms with Crippen LogP contribution in [-0.4, -0.2) is 63.1 Å². The molecule has 0 saturated heterocycles. The first-order valence-electron chi connectivity index (χ1n) is 13.9.